The van der Waals surface area contributed by atoms with E-state index in [9.17, 15) is 0 Å². The topological polar surface area (TPSA) is 51.8 Å². The maximum absolute atomic E-state index is 5.54. The molecule has 76 valence electrons. The van der Waals surface area contributed by atoms with Gasteiger partial charge in [0.05, 0.1) is 0 Å². The highest BCUT2D eigenvalue weighted by Gasteiger charge is 2.52. The molecule has 2 fully saturated rings. The van der Waals surface area contributed by atoms with Gasteiger partial charge in [-0.1, -0.05) is 24.2 Å². The number of aromatic nitrogens is 2. The number of nitrogens with zero attached hydrogens (tertiary/aromatic N) is 2. The Hall–Kier alpha value is -0.480. The third-order valence-electron chi connectivity index (χ3n) is 3.60. The molecule has 3 rings (SSSR count). The molecule has 0 spiro atoms. The van der Waals surface area contributed by atoms with Crippen molar-refractivity contribution in [2.24, 2.45) is 17.6 Å². The molecule has 2 atom stereocenters. The molecular formula is C10H15N3S. The lowest BCUT2D eigenvalue weighted by molar-refractivity contribution is 0.480. The van der Waals surface area contributed by atoms with Crippen LogP contribution in [-0.4, -0.2) is 10.2 Å². The minimum absolute atomic E-state index is 0.541. The number of fused-ring (bicyclic) bond motifs is 1. The van der Waals surface area contributed by atoms with E-state index in [1.807, 2.05) is 0 Å². The molecule has 2 aliphatic rings. The Morgan fingerprint density at radius 1 is 1.21 bits per heavy atom. The molecule has 0 radical (unpaired) electrons. The van der Waals surface area contributed by atoms with E-state index in [1.54, 1.807) is 11.3 Å². The second kappa shape index (κ2) is 3.28. The zero-order valence-corrected chi connectivity index (χ0v) is 8.96. The van der Waals surface area contributed by atoms with Crippen LogP contribution in [0.5, 0.6) is 0 Å². The largest absolute Gasteiger partial charge is 0.324 e. The maximum Gasteiger partial charge on any atom is 0.131 e. The third kappa shape index (κ3) is 1.28. The first kappa shape index (κ1) is 8.80. The second-order valence-corrected chi connectivity index (χ2v) is 5.47. The molecule has 4 heteroatoms. The van der Waals surface area contributed by atoms with Gasteiger partial charge in [0.25, 0.3) is 0 Å². The fourth-order valence-electron chi connectivity index (χ4n) is 2.84. The molecule has 0 saturated heterocycles. The summed E-state index contributed by atoms with van der Waals surface area (Å²) in [5, 5.41) is 10.6. The lowest BCUT2D eigenvalue weighted by Crippen LogP contribution is -1.94. The highest BCUT2D eigenvalue weighted by atomic mass is 32.1. The van der Waals surface area contributed by atoms with Crippen molar-refractivity contribution in [3.63, 3.8) is 0 Å². The van der Waals surface area contributed by atoms with Crippen molar-refractivity contribution >= 4 is 11.3 Å². The fraction of sp³-hybridized carbons (Fsp3) is 0.800. The average Bonchev–Trinajstić information content (AvgIpc) is 2.77. The van der Waals surface area contributed by atoms with E-state index < -0.39 is 0 Å². The van der Waals surface area contributed by atoms with Crippen LogP contribution < -0.4 is 5.73 Å². The number of hydrogen-bond acceptors (Lipinski definition) is 4. The summed E-state index contributed by atoms with van der Waals surface area (Å²) in [7, 11) is 0. The van der Waals surface area contributed by atoms with Gasteiger partial charge < -0.3 is 5.73 Å². The minimum Gasteiger partial charge on any atom is -0.324 e. The minimum atomic E-state index is 0.541. The van der Waals surface area contributed by atoms with E-state index in [0.29, 0.717) is 6.54 Å². The lowest BCUT2D eigenvalue weighted by atomic mass is 10.0. The highest BCUT2D eigenvalue weighted by Crippen LogP contribution is 2.61. The van der Waals surface area contributed by atoms with Gasteiger partial charge in [-0.15, -0.1) is 10.2 Å². The van der Waals surface area contributed by atoms with Gasteiger partial charge >= 0.3 is 0 Å². The van der Waals surface area contributed by atoms with Crippen LogP contribution in [-0.2, 0) is 6.54 Å². The van der Waals surface area contributed by atoms with Crippen LogP contribution in [0.25, 0.3) is 0 Å². The Morgan fingerprint density at radius 2 is 1.93 bits per heavy atom. The van der Waals surface area contributed by atoms with E-state index in [0.717, 1.165) is 22.8 Å². The molecule has 14 heavy (non-hydrogen) atoms. The van der Waals surface area contributed by atoms with Crippen LogP contribution in [0.3, 0.4) is 0 Å². The van der Waals surface area contributed by atoms with Crippen molar-refractivity contribution in [2.75, 3.05) is 0 Å². The normalized spacial score (nSPS) is 35.4. The second-order valence-electron chi connectivity index (χ2n) is 4.38. The first-order chi connectivity index (χ1) is 6.90. The molecule has 3 nitrogen and oxygen atoms in total. The van der Waals surface area contributed by atoms with Crippen molar-refractivity contribution in [3.05, 3.63) is 10.0 Å². The Morgan fingerprint density at radius 3 is 2.50 bits per heavy atom. The third-order valence-corrected chi connectivity index (χ3v) is 4.65. The summed E-state index contributed by atoms with van der Waals surface area (Å²) in [6.45, 7) is 0.541. The van der Waals surface area contributed by atoms with Crippen molar-refractivity contribution in [1.29, 1.82) is 0 Å². The Bertz CT molecular complexity index is 324. The van der Waals surface area contributed by atoms with Crippen LogP contribution in [0, 0.1) is 11.8 Å². The molecule has 2 unspecified atom stereocenters. The summed E-state index contributed by atoms with van der Waals surface area (Å²) >= 11 is 1.72. The first-order valence-electron chi connectivity index (χ1n) is 5.42. The summed E-state index contributed by atoms with van der Waals surface area (Å²) in [4.78, 5) is 0. The van der Waals surface area contributed by atoms with E-state index in [-0.39, 0.29) is 0 Å². The van der Waals surface area contributed by atoms with Crippen LogP contribution in [0.2, 0.25) is 0 Å². The molecule has 1 aromatic heterocycles. The van der Waals surface area contributed by atoms with Gasteiger partial charge in [-0.3, -0.25) is 0 Å². The first-order valence-corrected chi connectivity index (χ1v) is 6.24. The van der Waals surface area contributed by atoms with E-state index in [4.69, 9.17) is 5.73 Å². The van der Waals surface area contributed by atoms with Gasteiger partial charge in [0.2, 0.25) is 0 Å². The predicted molar refractivity (Wildman–Crippen MR) is 56.0 cm³/mol. The van der Waals surface area contributed by atoms with Gasteiger partial charge in [0.15, 0.2) is 0 Å². The number of rotatable bonds is 2. The van der Waals surface area contributed by atoms with Crippen LogP contribution in [0.4, 0.5) is 0 Å². The summed E-state index contributed by atoms with van der Waals surface area (Å²) in [6.07, 6.45) is 5.65. The molecule has 1 heterocycles. The average molecular weight is 209 g/mol. The zero-order valence-electron chi connectivity index (χ0n) is 8.15. The maximum atomic E-state index is 5.54. The Labute approximate surface area is 87.7 Å². The van der Waals surface area contributed by atoms with E-state index >= 15 is 0 Å². The predicted octanol–water partition coefficient (Wildman–Crippen LogP) is 1.90. The molecule has 2 N–H and O–H groups in total. The molecule has 0 aliphatic heterocycles. The quantitative estimate of drug-likeness (QED) is 0.809. The van der Waals surface area contributed by atoms with Crippen LogP contribution in [0.1, 0.15) is 41.6 Å². The summed E-state index contributed by atoms with van der Waals surface area (Å²) in [6, 6.07) is 0. The molecular weight excluding hydrogens is 194 g/mol. The molecule has 0 amide bonds. The monoisotopic (exact) mass is 209 g/mol. The van der Waals surface area contributed by atoms with Gasteiger partial charge in [-0.25, -0.2) is 0 Å². The smallest absolute Gasteiger partial charge is 0.131 e. The molecule has 0 bridgehead atoms. The van der Waals surface area contributed by atoms with E-state index in [2.05, 4.69) is 10.2 Å². The molecule has 1 aromatic rings. The van der Waals surface area contributed by atoms with Gasteiger partial charge in [0, 0.05) is 12.5 Å². The van der Waals surface area contributed by atoms with E-state index in [1.165, 1.54) is 30.7 Å². The lowest BCUT2D eigenvalue weighted by Gasteiger charge is -2.04. The van der Waals surface area contributed by atoms with Gasteiger partial charge in [0.1, 0.15) is 10.0 Å². The van der Waals surface area contributed by atoms with Crippen molar-refractivity contribution in [3.8, 4) is 0 Å². The summed E-state index contributed by atoms with van der Waals surface area (Å²) in [5.74, 6) is 2.61. The zero-order chi connectivity index (χ0) is 9.54. The van der Waals surface area contributed by atoms with Crippen LogP contribution >= 0.6 is 11.3 Å². The summed E-state index contributed by atoms with van der Waals surface area (Å²) < 4.78 is 0. The standard InChI is InChI=1S/C10H15N3S/c11-5-8-12-13-10(14-8)9-6-3-1-2-4-7(6)9/h6-7,9H,1-5,11H2. The fourth-order valence-corrected chi connectivity index (χ4v) is 3.82. The van der Waals surface area contributed by atoms with Crippen LogP contribution in [0.15, 0.2) is 0 Å². The number of nitrogens with two attached hydrogens (primary N) is 1. The Kier molecular flexibility index (Phi) is 2.06. The van der Waals surface area contributed by atoms with Crippen molar-refractivity contribution < 1.29 is 0 Å². The SMILES string of the molecule is NCc1nnc(C2C3CCCCC32)s1. The van der Waals surface area contributed by atoms with Gasteiger partial charge in [-0.2, -0.15) is 0 Å². The van der Waals surface area contributed by atoms with Gasteiger partial charge in [-0.05, 0) is 24.7 Å². The summed E-state index contributed by atoms with van der Waals surface area (Å²) in [5.41, 5.74) is 5.54. The molecule has 2 saturated carbocycles. The Balaban J connectivity index is 1.77. The van der Waals surface area contributed by atoms with Crippen molar-refractivity contribution in [1.82, 2.24) is 10.2 Å². The molecule has 0 aromatic carbocycles. The number of hydrogen-bond donors (Lipinski definition) is 1. The molecule has 2 aliphatic carbocycles. The van der Waals surface area contributed by atoms with Crippen molar-refractivity contribution in [2.45, 2.75) is 38.1 Å². The highest BCUT2D eigenvalue weighted by molar-refractivity contribution is 7.11.